The molecule has 0 spiro atoms. The first-order chi connectivity index (χ1) is 8.43. The van der Waals surface area contributed by atoms with Crippen LogP contribution in [0.15, 0.2) is 5.16 Å². The summed E-state index contributed by atoms with van der Waals surface area (Å²) in [5, 5.41) is 17.3. The van der Waals surface area contributed by atoms with Gasteiger partial charge >= 0.3 is 0 Å². The third kappa shape index (κ3) is 2.63. The second-order valence-electron chi connectivity index (χ2n) is 4.91. The highest BCUT2D eigenvalue weighted by Crippen LogP contribution is 2.33. The van der Waals surface area contributed by atoms with Gasteiger partial charge in [-0.3, -0.25) is 0 Å². The first kappa shape index (κ1) is 11.5. The van der Waals surface area contributed by atoms with Gasteiger partial charge in [0, 0.05) is 5.25 Å². The Balaban J connectivity index is 1.67. The molecule has 1 aromatic rings. The molecule has 1 aromatic heterocycles. The summed E-state index contributed by atoms with van der Waals surface area (Å²) in [6.07, 6.45) is 7.57. The fourth-order valence-electron chi connectivity index (χ4n) is 2.70. The van der Waals surface area contributed by atoms with Gasteiger partial charge in [-0.1, -0.05) is 24.6 Å². The molecule has 0 radical (unpaired) electrons. The molecule has 0 amide bonds. The van der Waals surface area contributed by atoms with Crippen molar-refractivity contribution >= 4 is 11.8 Å². The summed E-state index contributed by atoms with van der Waals surface area (Å²) in [5.74, 6) is 0. The summed E-state index contributed by atoms with van der Waals surface area (Å²) in [6, 6.07) is 0.550. The largest absolute Gasteiger partial charge is 0.317 e. The van der Waals surface area contributed by atoms with Crippen LogP contribution in [0.2, 0.25) is 0 Å². The second kappa shape index (κ2) is 5.35. The molecule has 1 aliphatic carbocycles. The van der Waals surface area contributed by atoms with E-state index in [1.807, 2.05) is 11.8 Å². The van der Waals surface area contributed by atoms with E-state index >= 15 is 0 Å². The van der Waals surface area contributed by atoms with Crippen molar-refractivity contribution in [1.82, 2.24) is 25.5 Å². The number of tetrazole rings is 1. The minimum absolute atomic E-state index is 0.550. The third-order valence-corrected chi connectivity index (χ3v) is 4.98. The molecular formula is C11H19N5S. The van der Waals surface area contributed by atoms with Gasteiger partial charge in [-0.15, -0.1) is 5.10 Å². The second-order valence-corrected chi connectivity index (χ2v) is 6.18. The van der Waals surface area contributed by atoms with Crippen LogP contribution in [0.25, 0.3) is 0 Å². The van der Waals surface area contributed by atoms with E-state index in [4.69, 9.17) is 0 Å². The Bertz CT molecular complexity index is 354. The fourth-order valence-corrected chi connectivity index (χ4v) is 3.85. The Morgan fingerprint density at radius 2 is 1.88 bits per heavy atom. The van der Waals surface area contributed by atoms with Crippen LogP contribution in [0.3, 0.4) is 0 Å². The standard InChI is InChI=1S/C11H19N5S/c1-2-4-9(3-1)16-11(13-14-15-16)17-10-5-7-12-8-6-10/h9-10,12H,1-8H2. The summed E-state index contributed by atoms with van der Waals surface area (Å²) < 4.78 is 2.07. The van der Waals surface area contributed by atoms with Crippen LogP contribution in [-0.2, 0) is 0 Å². The molecule has 0 aromatic carbocycles. The Labute approximate surface area is 106 Å². The smallest absolute Gasteiger partial charge is 0.209 e. The summed E-state index contributed by atoms with van der Waals surface area (Å²) in [7, 11) is 0. The maximum Gasteiger partial charge on any atom is 0.209 e. The van der Waals surface area contributed by atoms with E-state index in [9.17, 15) is 0 Å². The molecule has 2 heterocycles. The number of nitrogens with zero attached hydrogens (tertiary/aromatic N) is 4. The van der Waals surface area contributed by atoms with Gasteiger partial charge in [-0.05, 0) is 49.2 Å². The lowest BCUT2D eigenvalue weighted by molar-refractivity contribution is 0.421. The maximum absolute atomic E-state index is 4.20. The van der Waals surface area contributed by atoms with Crippen LogP contribution < -0.4 is 5.32 Å². The van der Waals surface area contributed by atoms with Gasteiger partial charge in [0.2, 0.25) is 5.16 Å². The van der Waals surface area contributed by atoms with E-state index in [1.54, 1.807) is 0 Å². The van der Waals surface area contributed by atoms with Gasteiger partial charge in [0.15, 0.2) is 0 Å². The SMILES string of the molecule is C1CCC(n2nnnc2SC2CCNCC2)C1. The lowest BCUT2D eigenvalue weighted by atomic mass is 10.2. The number of rotatable bonds is 3. The lowest BCUT2D eigenvalue weighted by Gasteiger charge is -2.21. The van der Waals surface area contributed by atoms with Crippen molar-refractivity contribution in [3.63, 3.8) is 0 Å². The highest BCUT2D eigenvalue weighted by molar-refractivity contribution is 7.99. The minimum Gasteiger partial charge on any atom is -0.317 e. The molecule has 5 nitrogen and oxygen atoms in total. The molecule has 1 N–H and O–H groups in total. The van der Waals surface area contributed by atoms with Gasteiger partial charge in [-0.2, -0.15) is 0 Å². The summed E-state index contributed by atoms with van der Waals surface area (Å²) in [6.45, 7) is 2.26. The summed E-state index contributed by atoms with van der Waals surface area (Å²) in [4.78, 5) is 0. The Kier molecular flexibility index (Phi) is 3.61. The minimum atomic E-state index is 0.550. The van der Waals surface area contributed by atoms with Crippen LogP contribution in [0.4, 0.5) is 0 Å². The molecule has 1 aliphatic heterocycles. The first-order valence-corrected chi connectivity index (χ1v) is 7.46. The van der Waals surface area contributed by atoms with Crippen molar-refractivity contribution in [3.05, 3.63) is 0 Å². The van der Waals surface area contributed by atoms with Gasteiger partial charge in [-0.25, -0.2) is 4.68 Å². The fraction of sp³-hybridized carbons (Fsp3) is 0.909. The first-order valence-electron chi connectivity index (χ1n) is 6.59. The van der Waals surface area contributed by atoms with E-state index in [2.05, 4.69) is 25.5 Å². The number of aromatic nitrogens is 4. The van der Waals surface area contributed by atoms with Crippen molar-refractivity contribution in [2.75, 3.05) is 13.1 Å². The van der Waals surface area contributed by atoms with Gasteiger partial charge in [0.25, 0.3) is 0 Å². The number of thioether (sulfide) groups is 1. The molecule has 2 aliphatic rings. The maximum atomic E-state index is 4.20. The molecule has 94 valence electrons. The number of piperidine rings is 1. The van der Waals surface area contributed by atoms with Crippen LogP contribution >= 0.6 is 11.8 Å². The molecule has 0 bridgehead atoms. The van der Waals surface area contributed by atoms with Crippen molar-refractivity contribution in [2.24, 2.45) is 0 Å². The molecule has 17 heavy (non-hydrogen) atoms. The highest BCUT2D eigenvalue weighted by atomic mass is 32.2. The van der Waals surface area contributed by atoms with E-state index in [1.165, 1.54) is 38.5 Å². The average molecular weight is 253 g/mol. The summed E-state index contributed by atoms with van der Waals surface area (Å²) >= 11 is 1.87. The van der Waals surface area contributed by atoms with Gasteiger partial charge in [0.05, 0.1) is 6.04 Å². The normalized spacial score (nSPS) is 23.3. The zero-order valence-electron chi connectivity index (χ0n) is 10.0. The molecule has 0 atom stereocenters. The molecule has 3 rings (SSSR count). The van der Waals surface area contributed by atoms with Crippen molar-refractivity contribution in [1.29, 1.82) is 0 Å². The van der Waals surface area contributed by atoms with E-state index in [0.717, 1.165) is 18.2 Å². The average Bonchev–Trinajstić information content (AvgIpc) is 3.00. The third-order valence-electron chi connectivity index (χ3n) is 3.69. The number of nitrogens with one attached hydrogen (secondary N) is 1. The Morgan fingerprint density at radius 1 is 1.12 bits per heavy atom. The van der Waals surface area contributed by atoms with Gasteiger partial charge < -0.3 is 5.32 Å². The van der Waals surface area contributed by atoms with Crippen molar-refractivity contribution in [3.8, 4) is 0 Å². The quantitative estimate of drug-likeness (QED) is 0.887. The van der Waals surface area contributed by atoms with E-state index in [0.29, 0.717) is 11.3 Å². The van der Waals surface area contributed by atoms with Crippen LogP contribution in [0, 0.1) is 0 Å². The van der Waals surface area contributed by atoms with Crippen LogP contribution in [-0.4, -0.2) is 38.5 Å². The van der Waals surface area contributed by atoms with E-state index in [-0.39, 0.29) is 0 Å². The van der Waals surface area contributed by atoms with E-state index < -0.39 is 0 Å². The molecular weight excluding hydrogens is 234 g/mol. The van der Waals surface area contributed by atoms with Crippen LogP contribution in [0.5, 0.6) is 0 Å². The highest BCUT2D eigenvalue weighted by Gasteiger charge is 2.24. The zero-order chi connectivity index (χ0) is 11.5. The molecule has 6 heteroatoms. The molecule has 1 saturated carbocycles. The lowest BCUT2D eigenvalue weighted by Crippen LogP contribution is -2.29. The Morgan fingerprint density at radius 3 is 2.65 bits per heavy atom. The number of hydrogen-bond acceptors (Lipinski definition) is 5. The van der Waals surface area contributed by atoms with Gasteiger partial charge in [0.1, 0.15) is 0 Å². The molecule has 0 unspecified atom stereocenters. The van der Waals surface area contributed by atoms with Crippen LogP contribution in [0.1, 0.15) is 44.6 Å². The number of hydrogen-bond donors (Lipinski definition) is 1. The molecule has 1 saturated heterocycles. The van der Waals surface area contributed by atoms with Crippen molar-refractivity contribution in [2.45, 2.75) is 55.0 Å². The summed E-state index contributed by atoms with van der Waals surface area (Å²) in [5.41, 5.74) is 0. The predicted octanol–water partition coefficient (Wildman–Crippen LogP) is 1.63. The molecule has 2 fully saturated rings. The Hall–Kier alpha value is -0.620. The monoisotopic (exact) mass is 253 g/mol. The predicted molar refractivity (Wildman–Crippen MR) is 67.1 cm³/mol. The van der Waals surface area contributed by atoms with Crippen molar-refractivity contribution < 1.29 is 0 Å². The zero-order valence-corrected chi connectivity index (χ0v) is 10.8. The topological polar surface area (TPSA) is 55.6 Å².